The standard InChI is InChI=1S/C14H16F3NO3/c1-18-13(12(19)20,9-6-7-9)8-21-11-5-3-2-4-10(11)14(15,16)17/h2-5,9,18H,6-8H2,1H3,(H,19,20). The highest BCUT2D eigenvalue weighted by Crippen LogP contribution is 2.41. The Bertz CT molecular complexity index is 528. The van der Waals surface area contributed by atoms with Gasteiger partial charge in [-0.1, -0.05) is 12.1 Å². The highest BCUT2D eigenvalue weighted by atomic mass is 19.4. The summed E-state index contributed by atoms with van der Waals surface area (Å²) in [6.07, 6.45) is -3.10. The van der Waals surface area contributed by atoms with Crippen LogP contribution in [0.2, 0.25) is 0 Å². The van der Waals surface area contributed by atoms with Gasteiger partial charge in [0.25, 0.3) is 0 Å². The SMILES string of the molecule is CNC(COc1ccccc1C(F)(F)F)(C(=O)O)C1CC1. The molecule has 7 heteroatoms. The first-order valence-corrected chi connectivity index (χ1v) is 6.52. The van der Waals surface area contributed by atoms with Crippen LogP contribution in [0.1, 0.15) is 18.4 Å². The van der Waals surface area contributed by atoms with Crippen LogP contribution >= 0.6 is 0 Å². The molecule has 1 aliphatic rings. The largest absolute Gasteiger partial charge is 0.490 e. The van der Waals surface area contributed by atoms with E-state index in [0.717, 1.165) is 18.9 Å². The molecule has 2 rings (SSSR count). The van der Waals surface area contributed by atoms with E-state index in [4.69, 9.17) is 4.74 Å². The lowest BCUT2D eigenvalue weighted by atomic mass is 9.94. The first-order valence-electron chi connectivity index (χ1n) is 6.52. The third-order valence-corrected chi connectivity index (χ3v) is 3.75. The van der Waals surface area contributed by atoms with E-state index in [1.165, 1.54) is 25.2 Å². The Hall–Kier alpha value is -1.76. The van der Waals surface area contributed by atoms with E-state index < -0.39 is 23.2 Å². The molecule has 0 heterocycles. The summed E-state index contributed by atoms with van der Waals surface area (Å²) in [7, 11) is 1.48. The number of rotatable bonds is 6. The minimum atomic E-state index is -4.54. The lowest BCUT2D eigenvalue weighted by Gasteiger charge is -2.29. The first kappa shape index (κ1) is 15.6. The second-order valence-electron chi connectivity index (χ2n) is 5.08. The van der Waals surface area contributed by atoms with E-state index in [9.17, 15) is 23.1 Å². The van der Waals surface area contributed by atoms with E-state index >= 15 is 0 Å². The average Bonchev–Trinajstić information content (AvgIpc) is 3.24. The molecule has 0 spiro atoms. The van der Waals surface area contributed by atoms with Crippen molar-refractivity contribution in [3.8, 4) is 5.75 Å². The van der Waals surface area contributed by atoms with Crippen molar-refractivity contribution in [3.05, 3.63) is 29.8 Å². The van der Waals surface area contributed by atoms with Gasteiger partial charge in [-0.2, -0.15) is 13.2 Å². The van der Waals surface area contributed by atoms with E-state index in [1.807, 2.05) is 0 Å². The number of aliphatic carboxylic acids is 1. The lowest BCUT2D eigenvalue weighted by molar-refractivity contribution is -0.147. The van der Waals surface area contributed by atoms with Crippen LogP contribution in [0, 0.1) is 5.92 Å². The highest BCUT2D eigenvalue weighted by molar-refractivity contribution is 5.80. The molecular formula is C14H16F3NO3. The minimum absolute atomic E-state index is 0.127. The summed E-state index contributed by atoms with van der Waals surface area (Å²) in [4.78, 5) is 11.5. The van der Waals surface area contributed by atoms with Crippen molar-refractivity contribution < 1.29 is 27.8 Å². The molecule has 1 atom stereocenters. The van der Waals surface area contributed by atoms with E-state index in [2.05, 4.69) is 5.32 Å². The average molecular weight is 303 g/mol. The summed E-state index contributed by atoms with van der Waals surface area (Å²) in [6, 6.07) is 4.79. The molecule has 21 heavy (non-hydrogen) atoms. The fraction of sp³-hybridized carbons (Fsp3) is 0.500. The zero-order chi connectivity index (χ0) is 15.7. The third kappa shape index (κ3) is 3.12. The number of carboxylic acid groups (broad SMARTS) is 1. The molecule has 0 amide bonds. The Balaban J connectivity index is 2.21. The summed E-state index contributed by atoms with van der Waals surface area (Å²) in [5.74, 6) is -1.60. The molecule has 1 fully saturated rings. The minimum Gasteiger partial charge on any atom is -0.490 e. The van der Waals surface area contributed by atoms with Crippen LogP contribution in [0.4, 0.5) is 13.2 Å². The number of carboxylic acids is 1. The molecule has 0 bridgehead atoms. The van der Waals surface area contributed by atoms with Gasteiger partial charge in [0.15, 0.2) is 5.54 Å². The van der Waals surface area contributed by atoms with E-state index in [-0.39, 0.29) is 18.3 Å². The molecule has 116 valence electrons. The van der Waals surface area contributed by atoms with Crippen LogP contribution in [0.15, 0.2) is 24.3 Å². The van der Waals surface area contributed by atoms with Crippen LogP contribution in [0.5, 0.6) is 5.75 Å². The number of hydrogen-bond donors (Lipinski definition) is 2. The number of halogens is 3. The van der Waals surface area contributed by atoms with E-state index in [0.29, 0.717) is 0 Å². The zero-order valence-corrected chi connectivity index (χ0v) is 11.4. The second kappa shape index (κ2) is 5.55. The number of para-hydroxylation sites is 1. The van der Waals surface area contributed by atoms with Crippen LogP contribution < -0.4 is 10.1 Å². The topological polar surface area (TPSA) is 58.6 Å². The normalized spacial score (nSPS) is 18.1. The molecule has 1 saturated carbocycles. The fourth-order valence-electron chi connectivity index (χ4n) is 2.33. The summed E-state index contributed by atoms with van der Waals surface area (Å²) >= 11 is 0. The molecule has 2 N–H and O–H groups in total. The van der Waals surface area contributed by atoms with Gasteiger partial charge in [0.05, 0.1) is 5.56 Å². The van der Waals surface area contributed by atoms with Crippen molar-refractivity contribution >= 4 is 5.97 Å². The van der Waals surface area contributed by atoms with Crippen LogP contribution in [-0.4, -0.2) is 30.3 Å². The Morgan fingerprint density at radius 2 is 2.00 bits per heavy atom. The Labute approximate surface area is 119 Å². The number of hydrogen-bond acceptors (Lipinski definition) is 3. The molecule has 4 nitrogen and oxygen atoms in total. The summed E-state index contributed by atoms with van der Waals surface area (Å²) < 4.78 is 43.8. The number of benzene rings is 1. The predicted molar refractivity (Wildman–Crippen MR) is 69.1 cm³/mol. The van der Waals surface area contributed by atoms with Gasteiger partial charge in [-0.25, -0.2) is 0 Å². The summed E-state index contributed by atoms with van der Waals surface area (Å²) in [5, 5.41) is 12.1. The van der Waals surface area contributed by atoms with Crippen molar-refractivity contribution in [1.29, 1.82) is 0 Å². The van der Waals surface area contributed by atoms with Crippen molar-refractivity contribution in [1.82, 2.24) is 5.32 Å². The predicted octanol–water partition coefficient (Wildman–Crippen LogP) is 2.54. The van der Waals surface area contributed by atoms with Gasteiger partial charge in [-0.05, 0) is 37.9 Å². The lowest BCUT2D eigenvalue weighted by Crippen LogP contribution is -2.56. The van der Waals surface area contributed by atoms with Crippen LogP contribution in [0.25, 0.3) is 0 Å². The molecule has 1 aromatic rings. The highest BCUT2D eigenvalue weighted by Gasteiger charge is 2.51. The summed E-state index contributed by atoms with van der Waals surface area (Å²) in [6.45, 7) is -0.351. The van der Waals surface area contributed by atoms with Crippen molar-refractivity contribution in [3.63, 3.8) is 0 Å². The van der Waals surface area contributed by atoms with Crippen molar-refractivity contribution in [2.75, 3.05) is 13.7 Å². The van der Waals surface area contributed by atoms with Crippen molar-refractivity contribution in [2.24, 2.45) is 5.92 Å². The number of nitrogens with one attached hydrogen (secondary N) is 1. The number of alkyl halides is 3. The zero-order valence-electron chi connectivity index (χ0n) is 11.4. The molecule has 1 aliphatic carbocycles. The fourth-order valence-corrected chi connectivity index (χ4v) is 2.33. The summed E-state index contributed by atoms with van der Waals surface area (Å²) in [5.41, 5.74) is -2.25. The third-order valence-electron chi connectivity index (χ3n) is 3.75. The molecule has 1 aromatic carbocycles. The maximum atomic E-state index is 12.9. The number of likely N-dealkylation sites (N-methyl/N-ethyl adjacent to an activating group) is 1. The quantitative estimate of drug-likeness (QED) is 0.848. The Morgan fingerprint density at radius 1 is 1.38 bits per heavy atom. The molecule has 1 unspecified atom stereocenters. The van der Waals surface area contributed by atoms with Gasteiger partial charge < -0.3 is 15.2 Å². The van der Waals surface area contributed by atoms with Gasteiger partial charge in [0, 0.05) is 0 Å². The Morgan fingerprint density at radius 3 is 2.48 bits per heavy atom. The molecular weight excluding hydrogens is 287 g/mol. The van der Waals surface area contributed by atoms with Crippen LogP contribution in [0.3, 0.4) is 0 Å². The van der Waals surface area contributed by atoms with Gasteiger partial charge in [-0.3, -0.25) is 4.79 Å². The number of carbonyl (C=O) groups is 1. The maximum Gasteiger partial charge on any atom is 0.419 e. The maximum absolute atomic E-state index is 12.9. The first-order chi connectivity index (χ1) is 9.81. The molecule has 0 aromatic heterocycles. The molecule has 0 aliphatic heterocycles. The van der Waals surface area contributed by atoms with Gasteiger partial charge in [-0.15, -0.1) is 0 Å². The molecule has 0 saturated heterocycles. The van der Waals surface area contributed by atoms with E-state index in [1.54, 1.807) is 0 Å². The van der Waals surface area contributed by atoms with Gasteiger partial charge in [0.1, 0.15) is 12.4 Å². The monoisotopic (exact) mass is 303 g/mol. The van der Waals surface area contributed by atoms with Gasteiger partial charge >= 0.3 is 12.1 Å². The van der Waals surface area contributed by atoms with Crippen molar-refractivity contribution in [2.45, 2.75) is 24.6 Å². The van der Waals surface area contributed by atoms with Crippen LogP contribution in [-0.2, 0) is 11.0 Å². The van der Waals surface area contributed by atoms with Gasteiger partial charge in [0.2, 0.25) is 0 Å². The second-order valence-corrected chi connectivity index (χ2v) is 5.08. The number of ether oxygens (including phenoxy) is 1. The Kier molecular flexibility index (Phi) is 4.13. The molecule has 0 radical (unpaired) electrons. The smallest absolute Gasteiger partial charge is 0.419 e.